The summed E-state index contributed by atoms with van der Waals surface area (Å²) >= 11 is 0. The number of halogens is 3. The van der Waals surface area contributed by atoms with Crippen LogP contribution >= 0.6 is 0 Å². The highest BCUT2D eigenvalue weighted by Crippen LogP contribution is 2.34. The third-order valence-corrected chi connectivity index (χ3v) is 6.06. The van der Waals surface area contributed by atoms with Crippen molar-refractivity contribution in [3.05, 3.63) is 47.2 Å². The van der Waals surface area contributed by atoms with Crippen LogP contribution in [0.15, 0.2) is 28.9 Å². The summed E-state index contributed by atoms with van der Waals surface area (Å²) in [6.45, 7) is 5.29. The van der Waals surface area contributed by atoms with Gasteiger partial charge in [0, 0.05) is 17.7 Å². The van der Waals surface area contributed by atoms with E-state index in [1.54, 1.807) is 12.1 Å². The van der Waals surface area contributed by atoms with E-state index in [-0.39, 0.29) is 23.3 Å². The molecular formula is C22H21F3N8O2. The molecule has 5 heterocycles. The van der Waals surface area contributed by atoms with Gasteiger partial charge in [-0.25, -0.2) is 9.67 Å². The van der Waals surface area contributed by atoms with Crippen molar-refractivity contribution in [2.75, 3.05) is 13.1 Å². The number of nitrogens with one attached hydrogen (secondary N) is 1. The molecule has 0 aromatic carbocycles. The second kappa shape index (κ2) is 8.70. The lowest BCUT2D eigenvalue weighted by molar-refractivity contribution is -0.155. The van der Waals surface area contributed by atoms with E-state index in [1.165, 1.54) is 17.5 Å². The van der Waals surface area contributed by atoms with Crippen LogP contribution in [0, 0.1) is 18.3 Å². The quantitative estimate of drug-likeness (QED) is 0.452. The molecule has 13 heteroatoms. The molecule has 0 aliphatic carbocycles. The van der Waals surface area contributed by atoms with Gasteiger partial charge in [-0.1, -0.05) is 10.4 Å². The number of pyridine rings is 1. The molecule has 0 spiro atoms. The number of piperidine rings is 1. The third-order valence-electron chi connectivity index (χ3n) is 6.06. The Labute approximate surface area is 197 Å². The van der Waals surface area contributed by atoms with Crippen molar-refractivity contribution in [3.63, 3.8) is 0 Å². The zero-order chi connectivity index (χ0) is 24.7. The van der Waals surface area contributed by atoms with Crippen LogP contribution in [-0.2, 0) is 6.18 Å². The molecule has 0 saturated carbocycles. The summed E-state index contributed by atoms with van der Waals surface area (Å²) in [5.74, 6) is -1.02. The summed E-state index contributed by atoms with van der Waals surface area (Å²) in [4.78, 5) is 4.29. The molecule has 1 unspecified atom stereocenters. The molecule has 0 bridgehead atoms. The molecule has 1 N–H and O–H groups in total. The van der Waals surface area contributed by atoms with Crippen molar-refractivity contribution in [2.24, 2.45) is 0 Å². The SMILES string of the molecule is Cc1c(-c2cc(OC(C)c3cc(C(F)(F)F)on3)n3c(C#N)cnc3c2)nnn1C1CCNCC1. The molecule has 1 fully saturated rings. The summed E-state index contributed by atoms with van der Waals surface area (Å²) < 4.78 is 52.6. The highest BCUT2D eigenvalue weighted by atomic mass is 19.4. The molecule has 1 aliphatic heterocycles. The number of hydrogen-bond acceptors (Lipinski definition) is 8. The highest BCUT2D eigenvalue weighted by molar-refractivity contribution is 5.68. The van der Waals surface area contributed by atoms with E-state index in [1.807, 2.05) is 17.7 Å². The maximum absolute atomic E-state index is 12.9. The van der Waals surface area contributed by atoms with Crippen LogP contribution in [0.2, 0.25) is 0 Å². The molecule has 0 amide bonds. The molecule has 1 aliphatic rings. The Morgan fingerprint density at radius 2 is 2.03 bits per heavy atom. The minimum absolute atomic E-state index is 0.0393. The minimum atomic E-state index is -4.66. The summed E-state index contributed by atoms with van der Waals surface area (Å²) in [7, 11) is 0. The number of hydrogen-bond donors (Lipinski definition) is 1. The zero-order valence-corrected chi connectivity index (χ0v) is 18.9. The second-order valence-electron chi connectivity index (χ2n) is 8.35. The number of nitrogens with zero attached hydrogens (tertiary/aromatic N) is 7. The normalized spacial score (nSPS) is 15.9. The van der Waals surface area contributed by atoms with E-state index in [0.29, 0.717) is 16.9 Å². The third kappa shape index (κ3) is 4.21. The number of nitriles is 1. The van der Waals surface area contributed by atoms with Gasteiger partial charge in [0.1, 0.15) is 34.9 Å². The zero-order valence-electron chi connectivity index (χ0n) is 18.9. The molecule has 1 saturated heterocycles. The van der Waals surface area contributed by atoms with Crippen LogP contribution in [0.3, 0.4) is 0 Å². The topological polar surface area (TPSA) is 119 Å². The Kier molecular flexibility index (Phi) is 5.68. The van der Waals surface area contributed by atoms with Gasteiger partial charge in [-0.3, -0.25) is 4.40 Å². The van der Waals surface area contributed by atoms with E-state index in [0.717, 1.165) is 37.7 Å². The molecular weight excluding hydrogens is 465 g/mol. The van der Waals surface area contributed by atoms with Crippen molar-refractivity contribution in [3.8, 4) is 23.2 Å². The molecule has 1 atom stereocenters. The summed E-state index contributed by atoms with van der Waals surface area (Å²) in [6, 6.07) is 6.51. The van der Waals surface area contributed by atoms with Crippen molar-refractivity contribution in [1.82, 2.24) is 34.9 Å². The van der Waals surface area contributed by atoms with Gasteiger partial charge in [0.25, 0.3) is 0 Å². The Balaban J connectivity index is 1.53. The Morgan fingerprint density at radius 1 is 1.26 bits per heavy atom. The summed E-state index contributed by atoms with van der Waals surface area (Å²) in [5, 5.41) is 25.1. The fraction of sp³-hybridized carbons (Fsp3) is 0.409. The Bertz CT molecular complexity index is 1410. The highest BCUT2D eigenvalue weighted by Gasteiger charge is 2.37. The predicted octanol–water partition coefficient (Wildman–Crippen LogP) is 3.84. The maximum atomic E-state index is 12.9. The first-order valence-electron chi connectivity index (χ1n) is 11.0. The number of imidazole rings is 1. The van der Waals surface area contributed by atoms with Crippen molar-refractivity contribution >= 4 is 5.65 Å². The largest absolute Gasteiger partial charge is 0.469 e. The van der Waals surface area contributed by atoms with Crippen molar-refractivity contribution < 1.29 is 22.4 Å². The van der Waals surface area contributed by atoms with Gasteiger partial charge >= 0.3 is 6.18 Å². The molecule has 0 radical (unpaired) electrons. The summed E-state index contributed by atoms with van der Waals surface area (Å²) in [6.07, 6.45) is -2.29. The minimum Gasteiger partial charge on any atom is -0.469 e. The fourth-order valence-corrected chi connectivity index (χ4v) is 4.24. The number of aromatic nitrogens is 6. The Hall–Kier alpha value is -3.92. The molecule has 182 valence electrons. The van der Waals surface area contributed by atoms with E-state index < -0.39 is 18.0 Å². The standard InChI is InChI=1S/C22H21F3N8O2/c1-12-21(29-31-33(12)15-3-5-27-6-4-15)14-7-19-28-11-16(10-26)32(19)20(8-14)34-13(2)17-9-18(35-30-17)22(23,24)25/h7-9,11,13,15,27H,3-6H2,1-2H3. The van der Waals surface area contributed by atoms with Gasteiger partial charge in [-0.2, -0.15) is 18.4 Å². The van der Waals surface area contributed by atoms with Gasteiger partial charge in [0.2, 0.25) is 11.6 Å². The molecule has 4 aromatic rings. The van der Waals surface area contributed by atoms with E-state index >= 15 is 0 Å². The number of fused-ring (bicyclic) bond motifs is 1. The van der Waals surface area contributed by atoms with Crippen LogP contribution < -0.4 is 10.1 Å². The number of alkyl halides is 3. The van der Waals surface area contributed by atoms with Gasteiger partial charge in [-0.15, -0.1) is 5.10 Å². The first-order chi connectivity index (χ1) is 16.8. The average Bonchev–Trinajstić information content (AvgIpc) is 3.57. The fourth-order valence-electron chi connectivity index (χ4n) is 4.24. The van der Waals surface area contributed by atoms with Crippen LogP contribution in [0.1, 0.15) is 54.8 Å². The van der Waals surface area contributed by atoms with E-state index in [9.17, 15) is 18.4 Å². The van der Waals surface area contributed by atoms with Crippen LogP contribution in [0.5, 0.6) is 5.88 Å². The lowest BCUT2D eigenvalue weighted by Crippen LogP contribution is -2.30. The average molecular weight is 486 g/mol. The lowest BCUT2D eigenvalue weighted by Gasteiger charge is -2.23. The van der Waals surface area contributed by atoms with Gasteiger partial charge in [0.05, 0.1) is 17.9 Å². The maximum Gasteiger partial charge on any atom is 0.452 e. The first-order valence-corrected chi connectivity index (χ1v) is 11.0. The van der Waals surface area contributed by atoms with Crippen molar-refractivity contribution in [1.29, 1.82) is 5.26 Å². The monoisotopic (exact) mass is 486 g/mol. The Morgan fingerprint density at radius 3 is 2.71 bits per heavy atom. The van der Waals surface area contributed by atoms with E-state index in [2.05, 4.69) is 30.3 Å². The van der Waals surface area contributed by atoms with Crippen LogP contribution in [0.25, 0.3) is 16.9 Å². The van der Waals surface area contributed by atoms with Crippen LogP contribution in [-0.4, -0.2) is 42.6 Å². The second-order valence-corrected chi connectivity index (χ2v) is 8.35. The molecule has 35 heavy (non-hydrogen) atoms. The number of rotatable bonds is 5. The van der Waals surface area contributed by atoms with Gasteiger partial charge < -0.3 is 14.6 Å². The van der Waals surface area contributed by atoms with Gasteiger partial charge in [-0.05, 0) is 45.8 Å². The molecule has 10 nitrogen and oxygen atoms in total. The summed E-state index contributed by atoms with van der Waals surface area (Å²) in [5.41, 5.74) is 2.75. The van der Waals surface area contributed by atoms with E-state index in [4.69, 9.17) is 4.74 Å². The smallest absolute Gasteiger partial charge is 0.452 e. The van der Waals surface area contributed by atoms with Crippen LogP contribution in [0.4, 0.5) is 13.2 Å². The first kappa shape index (κ1) is 22.9. The molecule has 4 aromatic heterocycles. The van der Waals surface area contributed by atoms with Crippen molar-refractivity contribution in [2.45, 2.75) is 45.0 Å². The molecule has 5 rings (SSSR count). The number of ether oxygens (including phenoxy) is 1. The lowest BCUT2D eigenvalue weighted by atomic mass is 10.1. The predicted molar refractivity (Wildman–Crippen MR) is 115 cm³/mol. The van der Waals surface area contributed by atoms with Gasteiger partial charge in [0.15, 0.2) is 0 Å².